The van der Waals surface area contributed by atoms with Crippen molar-refractivity contribution in [2.75, 3.05) is 13.2 Å². The summed E-state index contributed by atoms with van der Waals surface area (Å²) in [5, 5.41) is 17.8. The maximum absolute atomic E-state index is 8.89. The molecule has 2 N–H and O–H groups in total. The molecule has 0 aliphatic carbocycles. The fourth-order valence-electron chi connectivity index (χ4n) is 1.50. The predicted molar refractivity (Wildman–Crippen MR) is 46.4 cm³/mol. The van der Waals surface area contributed by atoms with Gasteiger partial charge >= 0.3 is 0 Å². The minimum absolute atomic E-state index is 0.0972. The van der Waals surface area contributed by atoms with Crippen LogP contribution in [-0.2, 0) is 0 Å². The highest BCUT2D eigenvalue weighted by molar-refractivity contribution is 4.66. The fraction of sp³-hybridized carbons (Fsp3) is 1.00. The van der Waals surface area contributed by atoms with Gasteiger partial charge in [0.25, 0.3) is 0 Å². The summed E-state index contributed by atoms with van der Waals surface area (Å²) in [6.07, 6.45) is 3.30. The van der Waals surface area contributed by atoms with Gasteiger partial charge < -0.3 is 10.2 Å². The summed E-state index contributed by atoms with van der Waals surface area (Å²) in [7, 11) is 0. The Balaban J connectivity index is 3.76. The summed E-state index contributed by atoms with van der Waals surface area (Å²) in [6, 6.07) is 0. The van der Waals surface area contributed by atoms with E-state index in [-0.39, 0.29) is 19.1 Å². The van der Waals surface area contributed by atoms with Crippen LogP contribution in [0, 0.1) is 11.8 Å². The molecule has 0 rings (SSSR count). The Hall–Kier alpha value is -0.0800. The maximum atomic E-state index is 8.89. The summed E-state index contributed by atoms with van der Waals surface area (Å²) in [6.45, 7) is 4.48. The zero-order valence-corrected chi connectivity index (χ0v) is 7.58. The SMILES string of the molecule is CCCC(CC)C(CO)CO. The Morgan fingerprint density at radius 2 is 1.55 bits per heavy atom. The van der Waals surface area contributed by atoms with E-state index in [1.807, 2.05) is 0 Å². The van der Waals surface area contributed by atoms with E-state index in [2.05, 4.69) is 13.8 Å². The molecule has 0 amide bonds. The standard InChI is InChI=1S/C9H20O2/c1-3-5-8(4-2)9(6-10)7-11/h8-11H,3-7H2,1-2H3. The molecule has 0 bridgehead atoms. The van der Waals surface area contributed by atoms with E-state index < -0.39 is 0 Å². The summed E-state index contributed by atoms with van der Waals surface area (Å²) >= 11 is 0. The number of hydrogen-bond donors (Lipinski definition) is 2. The Kier molecular flexibility index (Phi) is 6.57. The summed E-state index contributed by atoms with van der Waals surface area (Å²) in [4.78, 5) is 0. The molecular weight excluding hydrogens is 140 g/mol. The van der Waals surface area contributed by atoms with Gasteiger partial charge in [-0.1, -0.05) is 33.1 Å². The lowest BCUT2D eigenvalue weighted by atomic mass is 9.87. The van der Waals surface area contributed by atoms with Gasteiger partial charge in [0, 0.05) is 19.1 Å². The maximum Gasteiger partial charge on any atom is 0.0483 e. The third-order valence-corrected chi connectivity index (χ3v) is 2.32. The smallest absolute Gasteiger partial charge is 0.0483 e. The molecule has 2 nitrogen and oxygen atoms in total. The molecule has 0 aromatic heterocycles. The quantitative estimate of drug-likeness (QED) is 0.617. The monoisotopic (exact) mass is 160 g/mol. The molecule has 0 radical (unpaired) electrons. The van der Waals surface area contributed by atoms with Crippen molar-refractivity contribution in [1.29, 1.82) is 0 Å². The molecule has 2 heteroatoms. The van der Waals surface area contributed by atoms with Crippen molar-refractivity contribution in [3.05, 3.63) is 0 Å². The average Bonchev–Trinajstić information content (AvgIpc) is 2.05. The molecule has 1 atom stereocenters. The molecule has 0 aromatic carbocycles. The zero-order valence-electron chi connectivity index (χ0n) is 7.58. The number of rotatable bonds is 6. The van der Waals surface area contributed by atoms with E-state index in [4.69, 9.17) is 10.2 Å². The van der Waals surface area contributed by atoms with Crippen LogP contribution < -0.4 is 0 Å². The summed E-state index contributed by atoms with van der Waals surface area (Å²) in [5.41, 5.74) is 0. The van der Waals surface area contributed by atoms with Crippen LogP contribution in [0.4, 0.5) is 0 Å². The molecule has 0 fully saturated rings. The van der Waals surface area contributed by atoms with E-state index >= 15 is 0 Å². The van der Waals surface area contributed by atoms with E-state index in [9.17, 15) is 0 Å². The molecule has 0 saturated carbocycles. The van der Waals surface area contributed by atoms with Gasteiger partial charge in [-0.15, -0.1) is 0 Å². The molecule has 0 spiro atoms. The van der Waals surface area contributed by atoms with Gasteiger partial charge in [0.2, 0.25) is 0 Å². The first-order valence-corrected chi connectivity index (χ1v) is 4.51. The highest BCUT2D eigenvalue weighted by atomic mass is 16.3. The molecule has 0 aromatic rings. The van der Waals surface area contributed by atoms with Gasteiger partial charge in [0.1, 0.15) is 0 Å². The van der Waals surface area contributed by atoms with Crippen molar-refractivity contribution in [3.63, 3.8) is 0 Å². The average molecular weight is 160 g/mol. The van der Waals surface area contributed by atoms with Crippen LogP contribution in [0.5, 0.6) is 0 Å². The first kappa shape index (κ1) is 10.9. The minimum atomic E-state index is 0.0972. The second-order valence-corrected chi connectivity index (χ2v) is 3.08. The van der Waals surface area contributed by atoms with Gasteiger partial charge in [0.05, 0.1) is 0 Å². The lowest BCUT2D eigenvalue weighted by Crippen LogP contribution is -2.21. The lowest BCUT2D eigenvalue weighted by Gasteiger charge is -2.21. The topological polar surface area (TPSA) is 40.5 Å². The van der Waals surface area contributed by atoms with Crippen molar-refractivity contribution >= 4 is 0 Å². The van der Waals surface area contributed by atoms with E-state index in [0.717, 1.165) is 19.3 Å². The van der Waals surface area contributed by atoms with Crippen LogP contribution >= 0.6 is 0 Å². The predicted octanol–water partition coefficient (Wildman–Crippen LogP) is 1.41. The largest absolute Gasteiger partial charge is 0.396 e. The van der Waals surface area contributed by atoms with Crippen molar-refractivity contribution in [2.24, 2.45) is 11.8 Å². The second kappa shape index (κ2) is 6.62. The summed E-state index contributed by atoms with van der Waals surface area (Å²) < 4.78 is 0. The van der Waals surface area contributed by atoms with Crippen molar-refractivity contribution in [3.8, 4) is 0 Å². The Morgan fingerprint density at radius 1 is 1.00 bits per heavy atom. The van der Waals surface area contributed by atoms with Crippen LogP contribution in [0.15, 0.2) is 0 Å². The van der Waals surface area contributed by atoms with Crippen LogP contribution in [0.25, 0.3) is 0 Å². The summed E-state index contributed by atoms with van der Waals surface area (Å²) in [5.74, 6) is 0.593. The van der Waals surface area contributed by atoms with Crippen molar-refractivity contribution < 1.29 is 10.2 Å². The molecule has 0 aliphatic heterocycles. The second-order valence-electron chi connectivity index (χ2n) is 3.08. The first-order chi connectivity index (χ1) is 5.29. The normalized spacial score (nSPS) is 13.9. The van der Waals surface area contributed by atoms with Crippen LogP contribution in [0.1, 0.15) is 33.1 Å². The first-order valence-electron chi connectivity index (χ1n) is 4.51. The van der Waals surface area contributed by atoms with Crippen molar-refractivity contribution in [1.82, 2.24) is 0 Å². The number of aliphatic hydroxyl groups is 2. The Labute approximate surface area is 69.2 Å². The number of aliphatic hydroxyl groups excluding tert-OH is 2. The highest BCUT2D eigenvalue weighted by Gasteiger charge is 2.16. The zero-order chi connectivity index (χ0) is 8.69. The van der Waals surface area contributed by atoms with Crippen molar-refractivity contribution in [2.45, 2.75) is 33.1 Å². The highest BCUT2D eigenvalue weighted by Crippen LogP contribution is 2.20. The molecule has 0 aliphatic rings. The fourth-order valence-corrected chi connectivity index (χ4v) is 1.50. The minimum Gasteiger partial charge on any atom is -0.396 e. The van der Waals surface area contributed by atoms with Gasteiger partial charge in [0.15, 0.2) is 0 Å². The molecule has 0 saturated heterocycles. The Morgan fingerprint density at radius 3 is 1.82 bits per heavy atom. The van der Waals surface area contributed by atoms with Gasteiger partial charge in [-0.25, -0.2) is 0 Å². The molecular formula is C9H20O2. The molecule has 0 heterocycles. The molecule has 1 unspecified atom stereocenters. The van der Waals surface area contributed by atoms with Gasteiger partial charge in [-0.3, -0.25) is 0 Å². The molecule has 68 valence electrons. The lowest BCUT2D eigenvalue weighted by molar-refractivity contribution is 0.0997. The van der Waals surface area contributed by atoms with Gasteiger partial charge in [-0.2, -0.15) is 0 Å². The third kappa shape index (κ3) is 3.73. The molecule has 11 heavy (non-hydrogen) atoms. The number of hydrogen-bond acceptors (Lipinski definition) is 2. The van der Waals surface area contributed by atoms with Crippen LogP contribution in [-0.4, -0.2) is 23.4 Å². The Bertz CT molecular complexity index is 79.6. The van der Waals surface area contributed by atoms with E-state index in [0.29, 0.717) is 5.92 Å². The van der Waals surface area contributed by atoms with Gasteiger partial charge in [-0.05, 0) is 5.92 Å². The van der Waals surface area contributed by atoms with E-state index in [1.54, 1.807) is 0 Å². The van der Waals surface area contributed by atoms with E-state index in [1.165, 1.54) is 0 Å². The third-order valence-electron chi connectivity index (χ3n) is 2.32. The van der Waals surface area contributed by atoms with Crippen LogP contribution in [0.3, 0.4) is 0 Å². The van der Waals surface area contributed by atoms with Crippen LogP contribution in [0.2, 0.25) is 0 Å².